The van der Waals surface area contributed by atoms with Crippen LogP contribution in [0.3, 0.4) is 0 Å². The normalized spacial score (nSPS) is 23.6. The van der Waals surface area contributed by atoms with Crippen LogP contribution in [0.25, 0.3) is 0 Å². The molecule has 2 saturated heterocycles. The van der Waals surface area contributed by atoms with E-state index in [1.54, 1.807) is 0 Å². The number of rotatable bonds is 4. The van der Waals surface area contributed by atoms with Crippen LogP contribution in [-0.4, -0.2) is 60.5 Å². The summed E-state index contributed by atoms with van der Waals surface area (Å²) < 4.78 is 0. The third-order valence-electron chi connectivity index (χ3n) is 5.66. The molecular weight excluding hydrogens is 314 g/mol. The average Bonchev–Trinajstić information content (AvgIpc) is 2.59. The maximum absolute atomic E-state index is 12.3. The molecule has 0 aromatic carbocycles. The number of piperidine rings is 2. The fourth-order valence-electron chi connectivity index (χ4n) is 4.18. The van der Waals surface area contributed by atoms with Crippen molar-refractivity contribution in [2.45, 2.75) is 52.5 Å². The maximum atomic E-state index is 12.3. The molecule has 0 bridgehead atoms. The lowest BCUT2D eigenvalue weighted by Crippen LogP contribution is -2.56. The monoisotopic (exact) mass is 345 g/mol. The molecule has 1 amide bonds. The van der Waals surface area contributed by atoms with E-state index >= 15 is 0 Å². The van der Waals surface area contributed by atoms with E-state index in [1.807, 2.05) is 19.0 Å². The van der Waals surface area contributed by atoms with Gasteiger partial charge in [-0.2, -0.15) is 4.98 Å². The molecule has 3 rings (SSSR count). The summed E-state index contributed by atoms with van der Waals surface area (Å²) in [6, 6.07) is 0.411. The Balaban J connectivity index is 1.82. The summed E-state index contributed by atoms with van der Waals surface area (Å²) in [7, 11) is 3.96. The van der Waals surface area contributed by atoms with Gasteiger partial charge in [0.2, 0.25) is 11.9 Å². The lowest BCUT2D eigenvalue weighted by atomic mass is 9.83. The van der Waals surface area contributed by atoms with Crippen molar-refractivity contribution < 1.29 is 4.79 Å². The summed E-state index contributed by atoms with van der Waals surface area (Å²) in [6.07, 6.45) is 3.77. The Morgan fingerprint density at radius 2 is 1.96 bits per heavy atom. The molecule has 1 aromatic heterocycles. The molecular formula is C19H31N5O. The fraction of sp³-hybridized carbons (Fsp3) is 0.737. The van der Waals surface area contributed by atoms with Crippen LogP contribution in [-0.2, 0) is 4.79 Å². The van der Waals surface area contributed by atoms with Gasteiger partial charge in [-0.3, -0.25) is 4.79 Å². The van der Waals surface area contributed by atoms with E-state index in [0.29, 0.717) is 24.3 Å². The molecule has 6 heteroatoms. The Kier molecular flexibility index (Phi) is 5.16. The van der Waals surface area contributed by atoms with Crippen molar-refractivity contribution in [2.75, 3.05) is 43.5 Å². The van der Waals surface area contributed by atoms with Crippen molar-refractivity contribution >= 4 is 17.7 Å². The number of amides is 1. The van der Waals surface area contributed by atoms with Crippen LogP contribution in [0.2, 0.25) is 0 Å². The van der Waals surface area contributed by atoms with E-state index < -0.39 is 0 Å². The number of carbonyl (C=O) groups is 1. The molecule has 6 nitrogen and oxygen atoms in total. The zero-order chi connectivity index (χ0) is 18.1. The summed E-state index contributed by atoms with van der Waals surface area (Å²) >= 11 is 0. The number of aryl methyl sites for hydroxylation is 1. The molecule has 3 heterocycles. The third-order valence-corrected chi connectivity index (χ3v) is 5.66. The number of anilines is 2. The minimum absolute atomic E-state index is 0.348. The predicted molar refractivity (Wildman–Crippen MR) is 101 cm³/mol. The highest BCUT2D eigenvalue weighted by molar-refractivity contribution is 5.77. The molecule has 0 unspecified atom stereocenters. The van der Waals surface area contributed by atoms with Crippen LogP contribution in [0, 0.1) is 19.8 Å². The molecule has 0 spiro atoms. The Bertz CT molecular complexity index is 645. The number of fused-ring (bicyclic) bond motifs is 1. The molecule has 0 radical (unpaired) electrons. The van der Waals surface area contributed by atoms with Gasteiger partial charge in [0.25, 0.3) is 0 Å². The van der Waals surface area contributed by atoms with Gasteiger partial charge in [-0.15, -0.1) is 0 Å². The highest BCUT2D eigenvalue weighted by Crippen LogP contribution is 2.34. The van der Waals surface area contributed by atoms with Crippen molar-refractivity contribution in [3.05, 3.63) is 11.3 Å². The Labute approximate surface area is 151 Å². The van der Waals surface area contributed by atoms with E-state index in [9.17, 15) is 4.79 Å². The highest BCUT2D eigenvalue weighted by atomic mass is 16.2. The molecule has 2 fully saturated rings. The van der Waals surface area contributed by atoms with Crippen LogP contribution in [0.1, 0.15) is 43.9 Å². The zero-order valence-corrected chi connectivity index (χ0v) is 16.2. The van der Waals surface area contributed by atoms with Crippen LogP contribution in [0.4, 0.5) is 11.8 Å². The molecule has 0 saturated carbocycles. The van der Waals surface area contributed by atoms with Gasteiger partial charge in [0.15, 0.2) is 0 Å². The van der Waals surface area contributed by atoms with Gasteiger partial charge in [0.1, 0.15) is 5.82 Å². The molecule has 138 valence electrons. The van der Waals surface area contributed by atoms with Gasteiger partial charge in [0, 0.05) is 57.4 Å². The van der Waals surface area contributed by atoms with Gasteiger partial charge in [0.05, 0.1) is 0 Å². The van der Waals surface area contributed by atoms with E-state index in [0.717, 1.165) is 56.4 Å². The second kappa shape index (κ2) is 7.18. The summed E-state index contributed by atoms with van der Waals surface area (Å²) in [5, 5.41) is 0. The summed E-state index contributed by atoms with van der Waals surface area (Å²) in [4.78, 5) is 28.2. The van der Waals surface area contributed by atoms with Gasteiger partial charge >= 0.3 is 0 Å². The van der Waals surface area contributed by atoms with E-state index in [1.165, 1.54) is 5.56 Å². The molecule has 1 aromatic rings. The van der Waals surface area contributed by atoms with Gasteiger partial charge < -0.3 is 14.7 Å². The SMILES string of the molecule is CCCN1C(=O)CC[C@H]2CN(c3nc(N(C)C)nc(C)c3C)CC[C@H]21. The van der Waals surface area contributed by atoms with Crippen molar-refractivity contribution in [2.24, 2.45) is 5.92 Å². The number of likely N-dealkylation sites (tertiary alicyclic amines) is 1. The molecule has 2 atom stereocenters. The summed E-state index contributed by atoms with van der Waals surface area (Å²) in [5.41, 5.74) is 2.21. The van der Waals surface area contributed by atoms with Gasteiger partial charge in [-0.25, -0.2) is 4.98 Å². The van der Waals surface area contributed by atoms with E-state index in [4.69, 9.17) is 4.98 Å². The van der Waals surface area contributed by atoms with Crippen LogP contribution in [0.5, 0.6) is 0 Å². The largest absolute Gasteiger partial charge is 0.356 e. The first-order valence-electron chi connectivity index (χ1n) is 9.49. The lowest BCUT2D eigenvalue weighted by molar-refractivity contribution is -0.139. The molecule has 25 heavy (non-hydrogen) atoms. The average molecular weight is 345 g/mol. The van der Waals surface area contributed by atoms with Crippen LogP contribution >= 0.6 is 0 Å². The second-order valence-electron chi connectivity index (χ2n) is 7.64. The Morgan fingerprint density at radius 1 is 1.20 bits per heavy atom. The number of hydrogen-bond donors (Lipinski definition) is 0. The van der Waals surface area contributed by atoms with E-state index in [2.05, 4.69) is 35.6 Å². The smallest absolute Gasteiger partial charge is 0.227 e. The van der Waals surface area contributed by atoms with Crippen molar-refractivity contribution in [3.8, 4) is 0 Å². The Hall–Kier alpha value is -1.85. The molecule has 2 aliphatic heterocycles. The maximum Gasteiger partial charge on any atom is 0.227 e. The summed E-state index contributed by atoms with van der Waals surface area (Å²) in [5.74, 6) is 2.73. The number of carbonyl (C=O) groups excluding carboxylic acids is 1. The van der Waals surface area contributed by atoms with Crippen LogP contribution < -0.4 is 9.80 Å². The predicted octanol–water partition coefficient (Wildman–Crippen LogP) is 2.39. The fourth-order valence-corrected chi connectivity index (χ4v) is 4.18. The van der Waals surface area contributed by atoms with E-state index in [-0.39, 0.29) is 0 Å². The van der Waals surface area contributed by atoms with Crippen molar-refractivity contribution in [3.63, 3.8) is 0 Å². The third kappa shape index (κ3) is 3.44. The minimum Gasteiger partial charge on any atom is -0.356 e. The first kappa shape index (κ1) is 18.0. The van der Waals surface area contributed by atoms with Gasteiger partial charge in [-0.1, -0.05) is 6.92 Å². The van der Waals surface area contributed by atoms with Gasteiger partial charge in [-0.05, 0) is 39.0 Å². The second-order valence-corrected chi connectivity index (χ2v) is 7.64. The zero-order valence-electron chi connectivity index (χ0n) is 16.2. The first-order chi connectivity index (χ1) is 11.9. The first-order valence-corrected chi connectivity index (χ1v) is 9.49. The standard InChI is InChI=1S/C19H31N5O/c1-6-10-24-16-9-11-23(12-15(16)7-8-17(24)25)18-13(2)14(3)20-19(21-18)22(4)5/h15-16H,6-12H2,1-5H3/t15-,16+/m0/s1. The minimum atomic E-state index is 0.348. The summed E-state index contributed by atoms with van der Waals surface area (Å²) in [6.45, 7) is 9.17. The highest BCUT2D eigenvalue weighted by Gasteiger charge is 2.39. The molecule has 2 aliphatic rings. The quantitative estimate of drug-likeness (QED) is 0.839. The molecule has 0 N–H and O–H groups in total. The number of aromatic nitrogens is 2. The topological polar surface area (TPSA) is 52.6 Å². The lowest BCUT2D eigenvalue weighted by Gasteiger charge is -2.47. The number of nitrogens with zero attached hydrogens (tertiary/aromatic N) is 5. The molecule has 0 aliphatic carbocycles. The van der Waals surface area contributed by atoms with Crippen molar-refractivity contribution in [1.29, 1.82) is 0 Å². The van der Waals surface area contributed by atoms with Crippen LogP contribution in [0.15, 0.2) is 0 Å². The van der Waals surface area contributed by atoms with Crippen molar-refractivity contribution in [1.82, 2.24) is 14.9 Å². The number of hydrogen-bond acceptors (Lipinski definition) is 5. The Morgan fingerprint density at radius 3 is 2.64 bits per heavy atom.